The highest BCUT2D eigenvalue weighted by atomic mass is 35.5. The average Bonchev–Trinajstić information content (AvgIpc) is 2.79. The maximum atomic E-state index is 13.3. The molecule has 0 aliphatic heterocycles. The van der Waals surface area contributed by atoms with Gasteiger partial charge in [-0.3, -0.25) is 4.68 Å². The van der Waals surface area contributed by atoms with E-state index in [4.69, 9.17) is 16.3 Å². The molecule has 1 N–H and O–H groups in total. The number of aryl methyl sites for hydroxylation is 1. The zero-order chi connectivity index (χ0) is 14.0. The van der Waals surface area contributed by atoms with Gasteiger partial charge in [-0.05, 0) is 30.7 Å². The number of nitrogens with zero attached hydrogens (tertiary/aromatic N) is 2. The third-order valence-corrected chi connectivity index (χ3v) is 3.04. The number of hydrogen-bond donors (Lipinski definition) is 1. The minimum Gasteiger partial charge on any atom is -0.493 e. The van der Waals surface area contributed by atoms with Crippen LogP contribution in [0.5, 0.6) is 5.75 Å². The van der Waals surface area contributed by atoms with Gasteiger partial charge in [-0.15, -0.1) is 0 Å². The third kappa shape index (κ3) is 2.72. The predicted molar refractivity (Wildman–Crippen MR) is 69.9 cm³/mol. The Morgan fingerprint density at radius 3 is 2.79 bits per heavy atom. The van der Waals surface area contributed by atoms with Crippen molar-refractivity contribution in [1.29, 1.82) is 0 Å². The Morgan fingerprint density at radius 2 is 2.21 bits per heavy atom. The molecular weight excluding hydrogens is 271 g/mol. The van der Waals surface area contributed by atoms with Gasteiger partial charge >= 0.3 is 0 Å². The highest BCUT2D eigenvalue weighted by Gasteiger charge is 2.21. The minimum absolute atomic E-state index is 0.232. The first-order valence-electron chi connectivity index (χ1n) is 5.80. The fourth-order valence-electron chi connectivity index (χ4n) is 1.95. The molecule has 0 bridgehead atoms. The maximum absolute atomic E-state index is 13.3. The fourth-order valence-corrected chi connectivity index (χ4v) is 2.18. The lowest BCUT2D eigenvalue weighted by Crippen LogP contribution is -2.10. The van der Waals surface area contributed by atoms with E-state index in [1.54, 1.807) is 4.68 Å². The summed E-state index contributed by atoms with van der Waals surface area (Å²) in [5.41, 5.74) is 0.838. The highest BCUT2D eigenvalue weighted by molar-refractivity contribution is 6.30. The lowest BCUT2D eigenvalue weighted by molar-refractivity contribution is 0.202. The van der Waals surface area contributed by atoms with E-state index in [2.05, 4.69) is 5.10 Å². The first kappa shape index (κ1) is 13.8. The van der Waals surface area contributed by atoms with Gasteiger partial charge in [-0.2, -0.15) is 5.10 Å². The number of aliphatic hydroxyl groups is 1. The number of ether oxygens (including phenoxy) is 1. The van der Waals surface area contributed by atoms with Gasteiger partial charge in [-0.25, -0.2) is 4.39 Å². The van der Waals surface area contributed by atoms with Crippen molar-refractivity contribution >= 4 is 11.6 Å². The van der Waals surface area contributed by atoms with Gasteiger partial charge in [0, 0.05) is 11.6 Å². The number of aromatic nitrogens is 2. The van der Waals surface area contributed by atoms with E-state index >= 15 is 0 Å². The lowest BCUT2D eigenvalue weighted by atomic mass is 10.1. The van der Waals surface area contributed by atoms with Crippen LogP contribution in [-0.4, -0.2) is 22.0 Å². The van der Waals surface area contributed by atoms with E-state index in [-0.39, 0.29) is 5.02 Å². The summed E-state index contributed by atoms with van der Waals surface area (Å²) in [6.07, 6.45) is 0.466. The van der Waals surface area contributed by atoms with E-state index in [0.717, 1.165) is 0 Å². The molecule has 0 saturated carbocycles. The van der Waals surface area contributed by atoms with Crippen LogP contribution in [0.4, 0.5) is 4.39 Å². The van der Waals surface area contributed by atoms with Crippen LogP contribution in [0.3, 0.4) is 0 Å². The van der Waals surface area contributed by atoms with Gasteiger partial charge in [0.15, 0.2) is 5.75 Å². The zero-order valence-corrected chi connectivity index (χ0v) is 11.4. The molecule has 102 valence electrons. The second-order valence-corrected chi connectivity index (χ2v) is 4.46. The molecule has 0 aliphatic rings. The number of aliphatic hydroxyl groups excluding tert-OH is 1. The first-order valence-corrected chi connectivity index (χ1v) is 6.18. The van der Waals surface area contributed by atoms with Crippen LogP contribution in [0, 0.1) is 5.82 Å². The van der Waals surface area contributed by atoms with Crippen LogP contribution in [0.2, 0.25) is 5.02 Å². The Balaban J connectivity index is 2.48. The molecule has 0 amide bonds. The van der Waals surface area contributed by atoms with Crippen molar-refractivity contribution in [2.24, 2.45) is 0 Å². The van der Waals surface area contributed by atoms with Crippen LogP contribution in [-0.2, 0) is 6.54 Å². The van der Waals surface area contributed by atoms with E-state index in [1.807, 2.05) is 6.92 Å². The highest BCUT2D eigenvalue weighted by Crippen LogP contribution is 2.31. The summed E-state index contributed by atoms with van der Waals surface area (Å²) in [7, 11) is 1.49. The fraction of sp³-hybridized carbons (Fsp3) is 0.308. The van der Waals surface area contributed by atoms with Gasteiger partial charge in [0.1, 0.15) is 17.6 Å². The molecule has 6 heteroatoms. The summed E-state index contributed by atoms with van der Waals surface area (Å²) >= 11 is 5.80. The number of hydrogen-bond acceptors (Lipinski definition) is 3. The van der Waals surface area contributed by atoms with Crippen molar-refractivity contribution in [3.8, 4) is 5.75 Å². The number of halogens is 2. The van der Waals surface area contributed by atoms with Crippen molar-refractivity contribution in [1.82, 2.24) is 9.78 Å². The normalized spacial score (nSPS) is 12.5. The molecule has 1 atom stereocenters. The summed E-state index contributed by atoms with van der Waals surface area (Å²) < 4.78 is 20.1. The Bertz CT molecular complexity index is 544. The molecule has 0 saturated heterocycles. The summed E-state index contributed by atoms with van der Waals surface area (Å²) in [6, 6.07) is 3.94. The molecule has 1 unspecified atom stereocenters. The van der Waals surface area contributed by atoms with Gasteiger partial charge in [0.25, 0.3) is 0 Å². The molecule has 0 radical (unpaired) electrons. The summed E-state index contributed by atoms with van der Waals surface area (Å²) in [5, 5.41) is 14.7. The second kappa shape index (κ2) is 5.59. The molecule has 1 aromatic heterocycles. The van der Waals surface area contributed by atoms with Crippen LogP contribution in [0.15, 0.2) is 24.4 Å². The molecule has 0 spiro atoms. The van der Waals surface area contributed by atoms with Crippen molar-refractivity contribution in [2.45, 2.75) is 19.6 Å². The molecule has 0 aliphatic carbocycles. The lowest BCUT2D eigenvalue weighted by Gasteiger charge is -2.15. The van der Waals surface area contributed by atoms with Crippen LogP contribution >= 0.6 is 11.6 Å². The number of benzene rings is 1. The van der Waals surface area contributed by atoms with Crippen LogP contribution in [0.1, 0.15) is 24.3 Å². The monoisotopic (exact) mass is 284 g/mol. The molecule has 4 nitrogen and oxygen atoms in total. The Hall–Kier alpha value is -1.59. The van der Waals surface area contributed by atoms with E-state index in [9.17, 15) is 9.50 Å². The van der Waals surface area contributed by atoms with Crippen molar-refractivity contribution in [2.75, 3.05) is 7.11 Å². The van der Waals surface area contributed by atoms with Crippen molar-refractivity contribution in [3.63, 3.8) is 0 Å². The molecule has 1 heterocycles. The quantitative estimate of drug-likeness (QED) is 0.939. The van der Waals surface area contributed by atoms with Gasteiger partial charge in [0.05, 0.1) is 13.3 Å². The predicted octanol–water partition coefficient (Wildman–Crippen LogP) is 2.79. The Labute approximate surface area is 115 Å². The van der Waals surface area contributed by atoms with Crippen molar-refractivity contribution < 1.29 is 14.2 Å². The first-order chi connectivity index (χ1) is 9.06. The summed E-state index contributed by atoms with van der Waals surface area (Å²) in [5.74, 6) is -0.0437. The molecule has 1 aromatic carbocycles. The van der Waals surface area contributed by atoms with E-state index < -0.39 is 11.9 Å². The van der Waals surface area contributed by atoms with Gasteiger partial charge < -0.3 is 9.84 Å². The van der Waals surface area contributed by atoms with Gasteiger partial charge in [0.2, 0.25) is 0 Å². The molecule has 0 fully saturated rings. The van der Waals surface area contributed by atoms with E-state index in [0.29, 0.717) is 23.6 Å². The molecule has 2 aromatic rings. The van der Waals surface area contributed by atoms with Crippen LogP contribution in [0.25, 0.3) is 0 Å². The van der Waals surface area contributed by atoms with Gasteiger partial charge in [-0.1, -0.05) is 11.6 Å². The third-order valence-electron chi connectivity index (χ3n) is 2.82. The second-order valence-electron chi connectivity index (χ2n) is 4.02. The van der Waals surface area contributed by atoms with Crippen molar-refractivity contribution in [3.05, 3.63) is 46.5 Å². The molecule has 19 heavy (non-hydrogen) atoms. The summed E-state index contributed by atoms with van der Waals surface area (Å²) in [6.45, 7) is 2.46. The average molecular weight is 285 g/mol. The van der Waals surface area contributed by atoms with Crippen LogP contribution < -0.4 is 4.74 Å². The largest absolute Gasteiger partial charge is 0.493 e. The summed E-state index contributed by atoms with van der Waals surface area (Å²) in [4.78, 5) is 0. The topological polar surface area (TPSA) is 47.3 Å². The zero-order valence-electron chi connectivity index (χ0n) is 10.6. The maximum Gasteiger partial charge on any atom is 0.163 e. The van der Waals surface area contributed by atoms with E-state index in [1.165, 1.54) is 31.5 Å². The Kier molecular flexibility index (Phi) is 4.07. The standard InChI is InChI=1S/C13H14ClFN2O2/c1-3-17-12(11(19-2)7-16-17)13(18)8-4-9(14)6-10(15)5-8/h4-7,13,18H,3H2,1-2H3. The Morgan fingerprint density at radius 1 is 1.47 bits per heavy atom. The smallest absolute Gasteiger partial charge is 0.163 e. The SMILES string of the molecule is CCn1ncc(OC)c1C(O)c1cc(F)cc(Cl)c1. The number of rotatable bonds is 4. The number of methoxy groups -OCH3 is 1. The molecular formula is C13H14ClFN2O2. The molecule has 2 rings (SSSR count). The minimum atomic E-state index is -1.05.